The normalized spacial score (nSPS) is 58.0. The summed E-state index contributed by atoms with van der Waals surface area (Å²) in [6.45, 7) is 5.64. The Morgan fingerprint density at radius 2 is 2.16 bits per heavy atom. The van der Waals surface area contributed by atoms with Gasteiger partial charge in [0.2, 0.25) is 0 Å². The molecule has 5 aliphatic rings. The highest BCUT2D eigenvalue weighted by Crippen LogP contribution is 2.77. The number of carboxylic acids is 1. The van der Waals surface area contributed by atoms with Crippen molar-refractivity contribution in [2.45, 2.75) is 49.9 Å². The van der Waals surface area contributed by atoms with Gasteiger partial charge in [-0.1, -0.05) is 12.7 Å². The van der Waals surface area contributed by atoms with Crippen LogP contribution in [0.4, 0.5) is 0 Å². The van der Waals surface area contributed by atoms with Gasteiger partial charge >= 0.3 is 11.9 Å². The zero-order chi connectivity index (χ0) is 18.0. The fraction of sp³-hybridized carbons (Fsp3) is 0.684. The second-order valence-corrected chi connectivity index (χ2v) is 8.94. The SMILES string of the molecule is C=C1C[C@]23C[C@@]1(O)CC[C@H]2[C@@]12C=C[C@H](O)[C@@](C)(C(=O)O1)C2C3C(=O)O. The van der Waals surface area contributed by atoms with E-state index in [9.17, 15) is 24.9 Å². The van der Waals surface area contributed by atoms with E-state index in [0.717, 1.165) is 0 Å². The maximum Gasteiger partial charge on any atom is 0.316 e. The predicted octanol–water partition coefficient (Wildman–Crippen LogP) is 1.03. The molecule has 1 aliphatic heterocycles. The van der Waals surface area contributed by atoms with E-state index in [1.165, 1.54) is 0 Å². The molecule has 1 saturated heterocycles. The van der Waals surface area contributed by atoms with Crippen molar-refractivity contribution in [3.8, 4) is 0 Å². The average Bonchev–Trinajstić information content (AvgIpc) is 2.95. The number of esters is 1. The van der Waals surface area contributed by atoms with Crippen LogP contribution in [0.5, 0.6) is 0 Å². The van der Waals surface area contributed by atoms with E-state index in [0.29, 0.717) is 31.3 Å². The lowest BCUT2D eigenvalue weighted by atomic mass is 9.61. The first-order valence-electron chi connectivity index (χ1n) is 8.86. The molecule has 25 heavy (non-hydrogen) atoms. The lowest BCUT2D eigenvalue weighted by molar-refractivity contribution is -0.163. The molecule has 4 aliphatic carbocycles. The van der Waals surface area contributed by atoms with Crippen LogP contribution in [0.3, 0.4) is 0 Å². The van der Waals surface area contributed by atoms with Crippen LogP contribution in [0.25, 0.3) is 0 Å². The third kappa shape index (κ3) is 1.36. The van der Waals surface area contributed by atoms with Gasteiger partial charge in [0.25, 0.3) is 0 Å². The highest BCUT2D eigenvalue weighted by molar-refractivity contribution is 5.86. The van der Waals surface area contributed by atoms with Crippen molar-refractivity contribution in [1.29, 1.82) is 0 Å². The van der Waals surface area contributed by atoms with Crippen molar-refractivity contribution in [3.05, 3.63) is 24.3 Å². The summed E-state index contributed by atoms with van der Waals surface area (Å²) in [4.78, 5) is 25.1. The van der Waals surface area contributed by atoms with Gasteiger partial charge in [-0.15, -0.1) is 0 Å². The van der Waals surface area contributed by atoms with Crippen LogP contribution >= 0.6 is 0 Å². The highest BCUT2D eigenvalue weighted by Gasteiger charge is 2.83. The summed E-state index contributed by atoms with van der Waals surface area (Å²) < 4.78 is 5.87. The van der Waals surface area contributed by atoms with Gasteiger partial charge in [-0.2, -0.15) is 0 Å². The fourth-order valence-corrected chi connectivity index (χ4v) is 7.13. The molecule has 2 unspecified atom stereocenters. The largest absolute Gasteiger partial charge is 0.481 e. The van der Waals surface area contributed by atoms with E-state index in [2.05, 4.69) is 6.58 Å². The van der Waals surface area contributed by atoms with Gasteiger partial charge in [-0.3, -0.25) is 9.59 Å². The van der Waals surface area contributed by atoms with Crippen molar-refractivity contribution >= 4 is 11.9 Å². The Labute approximate surface area is 145 Å². The number of carbonyl (C=O) groups is 2. The number of fused-ring (bicyclic) bond motifs is 1. The number of ether oxygens (including phenoxy) is 1. The quantitative estimate of drug-likeness (QED) is 0.484. The smallest absolute Gasteiger partial charge is 0.316 e. The predicted molar refractivity (Wildman–Crippen MR) is 85.2 cm³/mol. The summed E-state index contributed by atoms with van der Waals surface area (Å²) >= 11 is 0. The lowest BCUT2D eigenvalue weighted by Gasteiger charge is -2.44. The van der Waals surface area contributed by atoms with E-state index in [1.54, 1.807) is 19.1 Å². The molecule has 4 bridgehead atoms. The van der Waals surface area contributed by atoms with E-state index in [4.69, 9.17) is 4.74 Å². The number of hydrogen-bond donors (Lipinski definition) is 3. The molecule has 5 rings (SSSR count). The third-order valence-electron chi connectivity index (χ3n) is 8.12. The van der Waals surface area contributed by atoms with Crippen molar-refractivity contribution in [2.75, 3.05) is 0 Å². The molecule has 1 heterocycles. The van der Waals surface area contributed by atoms with Crippen LogP contribution in [0, 0.1) is 28.6 Å². The molecule has 0 aromatic heterocycles. The minimum absolute atomic E-state index is 0.180. The van der Waals surface area contributed by atoms with Gasteiger partial charge in [0.1, 0.15) is 11.0 Å². The molecule has 4 fully saturated rings. The second-order valence-electron chi connectivity index (χ2n) is 8.94. The summed E-state index contributed by atoms with van der Waals surface area (Å²) in [5, 5.41) is 31.6. The van der Waals surface area contributed by atoms with E-state index in [1.807, 2.05) is 0 Å². The summed E-state index contributed by atoms with van der Waals surface area (Å²) in [6, 6.07) is 0. The maximum absolute atomic E-state index is 12.7. The van der Waals surface area contributed by atoms with E-state index >= 15 is 0 Å². The van der Waals surface area contributed by atoms with Crippen LogP contribution < -0.4 is 0 Å². The Kier molecular flexibility index (Phi) is 2.50. The molecule has 0 radical (unpaired) electrons. The van der Waals surface area contributed by atoms with Gasteiger partial charge < -0.3 is 20.1 Å². The molecule has 6 nitrogen and oxygen atoms in total. The Morgan fingerprint density at radius 1 is 1.44 bits per heavy atom. The average molecular weight is 346 g/mol. The first-order chi connectivity index (χ1) is 11.6. The monoisotopic (exact) mass is 346 g/mol. The van der Waals surface area contributed by atoms with Crippen molar-refractivity contribution in [1.82, 2.24) is 0 Å². The van der Waals surface area contributed by atoms with Crippen molar-refractivity contribution < 1.29 is 29.6 Å². The zero-order valence-corrected chi connectivity index (χ0v) is 14.1. The van der Waals surface area contributed by atoms with Gasteiger partial charge in [-0.05, 0) is 49.7 Å². The molecule has 1 spiro atoms. The van der Waals surface area contributed by atoms with Crippen LogP contribution in [0.1, 0.15) is 32.6 Å². The van der Waals surface area contributed by atoms with Crippen LogP contribution in [-0.2, 0) is 14.3 Å². The number of hydrogen-bond acceptors (Lipinski definition) is 5. The minimum atomic E-state index is -1.27. The van der Waals surface area contributed by atoms with E-state index in [-0.39, 0.29) is 5.92 Å². The number of carbonyl (C=O) groups excluding carboxylic acids is 1. The van der Waals surface area contributed by atoms with Gasteiger partial charge in [0, 0.05) is 11.8 Å². The molecule has 0 aromatic rings. The number of aliphatic hydroxyl groups is 2. The molecule has 134 valence electrons. The van der Waals surface area contributed by atoms with Gasteiger partial charge in [-0.25, -0.2) is 0 Å². The minimum Gasteiger partial charge on any atom is -0.481 e. The Morgan fingerprint density at radius 3 is 2.84 bits per heavy atom. The molecule has 3 N–H and O–H groups in total. The second kappa shape index (κ2) is 4.01. The Hall–Kier alpha value is -1.66. The molecule has 0 aromatic carbocycles. The van der Waals surface area contributed by atoms with Gasteiger partial charge in [0.05, 0.1) is 17.6 Å². The van der Waals surface area contributed by atoms with Crippen LogP contribution in [-0.4, -0.2) is 44.6 Å². The number of carboxylic acid groups (broad SMARTS) is 1. The van der Waals surface area contributed by atoms with Crippen molar-refractivity contribution in [2.24, 2.45) is 28.6 Å². The first kappa shape index (κ1) is 15.6. The standard InChI is InChI=1S/C19H22O6/c1-9-7-17-8-18(9,24)5-3-10(17)19-6-4-11(20)16(2,15(23)25-19)13(19)12(17)14(21)22/h4,6,10-13,20,24H,1,3,5,7-8H2,2H3,(H,21,22)/t10-,11+,12?,13?,16-,17+,18+,19-/m1/s1. The molecule has 8 atom stereocenters. The summed E-state index contributed by atoms with van der Waals surface area (Å²) in [5.74, 6) is -3.18. The zero-order valence-electron chi connectivity index (χ0n) is 14.1. The lowest BCUT2D eigenvalue weighted by Crippen LogP contribution is -2.50. The Balaban J connectivity index is 1.78. The molecule has 0 amide bonds. The topological polar surface area (TPSA) is 104 Å². The van der Waals surface area contributed by atoms with Crippen LogP contribution in [0.15, 0.2) is 24.3 Å². The molecular weight excluding hydrogens is 324 g/mol. The Bertz CT molecular complexity index is 772. The van der Waals surface area contributed by atoms with Crippen molar-refractivity contribution in [3.63, 3.8) is 0 Å². The molecular formula is C19H22O6. The third-order valence-corrected chi connectivity index (χ3v) is 8.12. The highest BCUT2D eigenvalue weighted by atomic mass is 16.6. The summed E-state index contributed by atoms with van der Waals surface area (Å²) in [6.07, 6.45) is 4.11. The number of rotatable bonds is 1. The number of aliphatic carboxylic acids is 1. The molecule has 3 saturated carbocycles. The van der Waals surface area contributed by atoms with Gasteiger partial charge in [0.15, 0.2) is 0 Å². The molecule has 6 heteroatoms. The first-order valence-corrected chi connectivity index (χ1v) is 8.86. The van der Waals surface area contributed by atoms with Crippen LogP contribution in [0.2, 0.25) is 0 Å². The number of aliphatic hydroxyl groups excluding tert-OH is 1. The summed E-state index contributed by atoms with van der Waals surface area (Å²) in [5.41, 5.74) is -3.29. The fourth-order valence-electron chi connectivity index (χ4n) is 7.13. The van der Waals surface area contributed by atoms with E-state index < -0.39 is 51.9 Å². The summed E-state index contributed by atoms with van der Waals surface area (Å²) in [7, 11) is 0. The maximum atomic E-state index is 12.7.